The van der Waals surface area contributed by atoms with Crippen molar-refractivity contribution in [3.05, 3.63) is 47.5 Å². The summed E-state index contributed by atoms with van der Waals surface area (Å²) < 4.78 is 0. The van der Waals surface area contributed by atoms with Crippen molar-refractivity contribution in [2.45, 2.75) is 32.6 Å². The predicted molar refractivity (Wildman–Crippen MR) is 83.2 cm³/mol. The number of hydrogen-bond donors (Lipinski definition) is 2. The zero-order valence-corrected chi connectivity index (χ0v) is 12.1. The van der Waals surface area contributed by atoms with Gasteiger partial charge in [-0.1, -0.05) is 31.9 Å². The highest BCUT2D eigenvalue weighted by Gasteiger charge is 2.12. The number of rotatable bonds is 5. The van der Waals surface area contributed by atoms with Crippen LogP contribution in [0.1, 0.15) is 37.3 Å². The van der Waals surface area contributed by atoms with Crippen molar-refractivity contribution in [3.63, 3.8) is 0 Å². The number of nitrogens with zero attached hydrogens (tertiary/aromatic N) is 1. The first-order chi connectivity index (χ1) is 10.2. The van der Waals surface area contributed by atoms with E-state index in [1.165, 1.54) is 0 Å². The topological polar surface area (TPSA) is 64.2 Å². The molecule has 0 aliphatic heterocycles. The largest absolute Gasteiger partial charge is 0.507 e. The molecular formula is C18H19NO2. The van der Waals surface area contributed by atoms with Crippen molar-refractivity contribution >= 4 is 0 Å². The van der Waals surface area contributed by atoms with Crippen LogP contribution >= 0.6 is 0 Å². The molecule has 21 heavy (non-hydrogen) atoms. The van der Waals surface area contributed by atoms with E-state index >= 15 is 0 Å². The molecule has 0 aliphatic carbocycles. The second-order valence-electron chi connectivity index (χ2n) is 5.16. The van der Waals surface area contributed by atoms with Crippen LogP contribution in [0.2, 0.25) is 0 Å². The maximum atomic E-state index is 10.2. The lowest BCUT2D eigenvalue weighted by Crippen LogP contribution is -1.89. The van der Waals surface area contributed by atoms with Gasteiger partial charge in [-0.25, -0.2) is 0 Å². The first kappa shape index (κ1) is 14.9. The summed E-state index contributed by atoms with van der Waals surface area (Å²) in [6.07, 6.45) is 4.15. The van der Waals surface area contributed by atoms with Crippen LogP contribution in [0.25, 0.3) is 11.1 Å². The van der Waals surface area contributed by atoms with Crippen LogP contribution in [0.15, 0.2) is 36.4 Å². The summed E-state index contributed by atoms with van der Waals surface area (Å²) in [6.45, 7) is 2.14. The lowest BCUT2D eigenvalue weighted by Gasteiger charge is -2.11. The molecule has 0 radical (unpaired) electrons. The Morgan fingerprint density at radius 2 is 1.76 bits per heavy atom. The number of phenols is 2. The SMILES string of the molecule is CCCCCc1cc(O)c(-c2cccc(C#N)c2)c(O)c1. The molecule has 3 heteroatoms. The Bertz CT molecular complexity index is 648. The molecule has 108 valence electrons. The van der Waals surface area contributed by atoms with Gasteiger partial charge in [0.05, 0.1) is 17.2 Å². The highest BCUT2D eigenvalue weighted by Crippen LogP contribution is 2.38. The molecule has 0 heterocycles. The van der Waals surface area contributed by atoms with Gasteiger partial charge in [-0.15, -0.1) is 0 Å². The van der Waals surface area contributed by atoms with Crippen molar-refractivity contribution in [2.24, 2.45) is 0 Å². The molecule has 2 N–H and O–H groups in total. The van der Waals surface area contributed by atoms with E-state index in [1.807, 2.05) is 0 Å². The molecule has 0 aliphatic rings. The van der Waals surface area contributed by atoms with E-state index in [1.54, 1.807) is 36.4 Å². The van der Waals surface area contributed by atoms with Gasteiger partial charge in [-0.3, -0.25) is 0 Å². The normalized spacial score (nSPS) is 10.3. The Labute approximate surface area is 125 Å². The fourth-order valence-electron chi connectivity index (χ4n) is 2.43. The van der Waals surface area contributed by atoms with Crippen molar-refractivity contribution in [1.82, 2.24) is 0 Å². The Kier molecular flexibility index (Phi) is 4.84. The summed E-state index contributed by atoms with van der Waals surface area (Å²) in [4.78, 5) is 0. The average molecular weight is 281 g/mol. The van der Waals surface area contributed by atoms with E-state index in [-0.39, 0.29) is 11.5 Å². The Morgan fingerprint density at radius 1 is 1.05 bits per heavy atom. The van der Waals surface area contributed by atoms with Gasteiger partial charge < -0.3 is 10.2 Å². The number of aromatic hydroxyl groups is 2. The lowest BCUT2D eigenvalue weighted by molar-refractivity contribution is 0.452. The van der Waals surface area contributed by atoms with Gasteiger partial charge in [0.15, 0.2) is 0 Å². The first-order valence-electron chi connectivity index (χ1n) is 7.21. The van der Waals surface area contributed by atoms with E-state index in [4.69, 9.17) is 5.26 Å². The summed E-state index contributed by atoms with van der Waals surface area (Å²) in [6, 6.07) is 12.3. The minimum absolute atomic E-state index is 0.0524. The quantitative estimate of drug-likeness (QED) is 0.800. The van der Waals surface area contributed by atoms with Gasteiger partial charge in [0, 0.05) is 0 Å². The molecule has 0 spiro atoms. The Morgan fingerprint density at radius 3 is 2.38 bits per heavy atom. The second-order valence-corrected chi connectivity index (χ2v) is 5.16. The molecule has 0 saturated carbocycles. The standard InChI is InChI=1S/C18H19NO2/c1-2-3-4-6-13-10-16(20)18(17(21)11-13)15-8-5-7-14(9-15)12-19/h5,7-11,20-21H,2-4,6H2,1H3. The third-order valence-electron chi connectivity index (χ3n) is 3.51. The van der Waals surface area contributed by atoms with Crippen LogP contribution in [-0.2, 0) is 6.42 Å². The van der Waals surface area contributed by atoms with Gasteiger partial charge in [0.25, 0.3) is 0 Å². The smallest absolute Gasteiger partial charge is 0.127 e. The molecule has 0 unspecified atom stereocenters. The van der Waals surface area contributed by atoms with Crippen LogP contribution < -0.4 is 0 Å². The van der Waals surface area contributed by atoms with Crippen molar-refractivity contribution < 1.29 is 10.2 Å². The molecule has 2 rings (SSSR count). The third kappa shape index (κ3) is 3.55. The van der Waals surface area contributed by atoms with Gasteiger partial charge in [0.2, 0.25) is 0 Å². The zero-order chi connectivity index (χ0) is 15.2. The monoisotopic (exact) mass is 281 g/mol. The molecule has 0 saturated heterocycles. The van der Waals surface area contributed by atoms with E-state index in [2.05, 4.69) is 13.0 Å². The summed E-state index contributed by atoms with van der Waals surface area (Å²) in [7, 11) is 0. The fourth-order valence-corrected chi connectivity index (χ4v) is 2.43. The number of nitriles is 1. The zero-order valence-electron chi connectivity index (χ0n) is 12.1. The van der Waals surface area contributed by atoms with E-state index in [0.29, 0.717) is 16.7 Å². The summed E-state index contributed by atoms with van der Waals surface area (Å²) in [5.41, 5.74) is 2.45. The molecule has 0 fully saturated rings. The molecular weight excluding hydrogens is 262 g/mol. The maximum absolute atomic E-state index is 10.2. The molecule has 0 bridgehead atoms. The fraction of sp³-hybridized carbons (Fsp3) is 0.278. The van der Waals surface area contributed by atoms with E-state index in [0.717, 1.165) is 31.2 Å². The molecule has 2 aromatic rings. The van der Waals surface area contributed by atoms with Crippen LogP contribution in [0.5, 0.6) is 11.5 Å². The Hall–Kier alpha value is -2.47. The second kappa shape index (κ2) is 6.81. The van der Waals surface area contributed by atoms with Crippen LogP contribution in [-0.4, -0.2) is 10.2 Å². The average Bonchev–Trinajstić information content (AvgIpc) is 2.47. The molecule has 0 amide bonds. The summed E-state index contributed by atoms with van der Waals surface area (Å²) >= 11 is 0. The third-order valence-corrected chi connectivity index (χ3v) is 3.51. The number of aryl methyl sites for hydroxylation is 1. The summed E-state index contributed by atoms with van der Waals surface area (Å²) in [5, 5.41) is 29.3. The van der Waals surface area contributed by atoms with Crippen LogP contribution in [0, 0.1) is 11.3 Å². The van der Waals surface area contributed by atoms with Gasteiger partial charge >= 0.3 is 0 Å². The van der Waals surface area contributed by atoms with Gasteiger partial charge in [-0.05, 0) is 48.2 Å². The predicted octanol–water partition coefficient (Wildman–Crippen LogP) is 4.37. The number of phenolic OH excluding ortho intramolecular Hbond substituents is 2. The minimum atomic E-state index is 0.0524. The first-order valence-corrected chi connectivity index (χ1v) is 7.21. The Balaban J connectivity index is 2.34. The van der Waals surface area contributed by atoms with E-state index in [9.17, 15) is 10.2 Å². The molecule has 3 nitrogen and oxygen atoms in total. The summed E-state index contributed by atoms with van der Waals surface area (Å²) in [5.74, 6) is 0.105. The molecule has 0 atom stereocenters. The lowest BCUT2D eigenvalue weighted by atomic mass is 9.98. The maximum Gasteiger partial charge on any atom is 0.127 e. The van der Waals surface area contributed by atoms with Crippen molar-refractivity contribution in [2.75, 3.05) is 0 Å². The van der Waals surface area contributed by atoms with Gasteiger partial charge in [-0.2, -0.15) is 5.26 Å². The highest BCUT2D eigenvalue weighted by molar-refractivity contribution is 5.77. The molecule has 0 aromatic heterocycles. The number of benzene rings is 2. The van der Waals surface area contributed by atoms with Crippen molar-refractivity contribution in [3.8, 4) is 28.7 Å². The van der Waals surface area contributed by atoms with E-state index < -0.39 is 0 Å². The molecule has 2 aromatic carbocycles. The van der Waals surface area contributed by atoms with Crippen LogP contribution in [0.4, 0.5) is 0 Å². The van der Waals surface area contributed by atoms with Crippen LogP contribution in [0.3, 0.4) is 0 Å². The van der Waals surface area contributed by atoms with Gasteiger partial charge in [0.1, 0.15) is 11.5 Å². The number of unbranched alkanes of at least 4 members (excludes halogenated alkanes) is 2. The van der Waals surface area contributed by atoms with Crippen molar-refractivity contribution in [1.29, 1.82) is 5.26 Å². The highest BCUT2D eigenvalue weighted by atomic mass is 16.3. The number of hydrogen-bond acceptors (Lipinski definition) is 3. The minimum Gasteiger partial charge on any atom is -0.507 e.